The summed E-state index contributed by atoms with van der Waals surface area (Å²) in [6.07, 6.45) is -5.25. The summed E-state index contributed by atoms with van der Waals surface area (Å²) in [6, 6.07) is 7.58. The normalized spacial score (nSPS) is 31.0. The second kappa shape index (κ2) is 15.4. The zero-order chi connectivity index (χ0) is 38.6. The third-order valence-electron chi connectivity index (χ3n) is 8.76. The van der Waals surface area contributed by atoms with Crippen LogP contribution < -0.4 is 0 Å². The molecule has 2 aliphatic carbocycles. The van der Waals surface area contributed by atoms with Crippen molar-refractivity contribution in [3.05, 3.63) is 60.2 Å². The number of hydrogen-bond donors (Lipinski definition) is 0. The Morgan fingerprint density at radius 1 is 0.686 bits per heavy atom. The molecule has 0 radical (unpaired) electrons. The first-order chi connectivity index (χ1) is 23.6. The minimum atomic E-state index is -2.37. The van der Waals surface area contributed by atoms with Crippen LogP contribution in [0.15, 0.2) is 54.6 Å². The molecule has 0 amide bonds. The fraction of sp³-hybridized carbons (Fsp3) is 0.514. The van der Waals surface area contributed by atoms with Crippen LogP contribution in [0.4, 0.5) is 0 Å². The lowest BCUT2D eigenvalue weighted by Gasteiger charge is -2.42. The topological polar surface area (TPSA) is 192 Å². The van der Waals surface area contributed by atoms with Crippen LogP contribution in [0.25, 0.3) is 0 Å². The van der Waals surface area contributed by atoms with E-state index in [-0.39, 0.29) is 5.56 Å². The van der Waals surface area contributed by atoms with Gasteiger partial charge in [-0.15, -0.1) is 0 Å². The van der Waals surface area contributed by atoms with Gasteiger partial charge in [0.15, 0.2) is 35.0 Å². The average Bonchev–Trinajstić information content (AvgIpc) is 3.24. The minimum absolute atomic E-state index is 0.0213. The van der Waals surface area contributed by atoms with E-state index < -0.39 is 112 Å². The zero-order valence-electron chi connectivity index (χ0n) is 30.1. The van der Waals surface area contributed by atoms with Crippen LogP contribution in [0, 0.1) is 17.3 Å². The SMILES string of the molecule is C=C1[C@H](OC(C)=O)C2[C@@H](OC(C)=O)[C@](C)(OC(C)=O)C[C@]2(OC(C)=O)C(=O)[C@H](C)/C=C/C(C)(C)C(=O)[C@H](OC(C)=O)[C@H]1OC(=O)c1ccccc1. The van der Waals surface area contributed by atoms with Gasteiger partial charge in [-0.1, -0.05) is 43.9 Å². The number of benzene rings is 1. The molecule has 1 aromatic rings. The molecule has 0 aromatic heterocycles. The lowest BCUT2D eigenvalue weighted by molar-refractivity contribution is -0.190. The predicted molar refractivity (Wildman–Crippen MR) is 176 cm³/mol. The highest BCUT2D eigenvalue weighted by atomic mass is 16.6. The van der Waals surface area contributed by atoms with E-state index in [1.807, 2.05) is 0 Å². The van der Waals surface area contributed by atoms with Crippen molar-refractivity contribution in [3.63, 3.8) is 0 Å². The number of ether oxygens (including phenoxy) is 6. The van der Waals surface area contributed by atoms with Gasteiger partial charge in [0.05, 0.1) is 11.5 Å². The van der Waals surface area contributed by atoms with Gasteiger partial charge in [0.25, 0.3) is 0 Å². The van der Waals surface area contributed by atoms with Crippen LogP contribution in [-0.2, 0) is 62.0 Å². The van der Waals surface area contributed by atoms with Gasteiger partial charge in [-0.05, 0) is 32.9 Å². The molecule has 0 bridgehead atoms. The molecule has 1 fully saturated rings. The number of rotatable bonds is 7. The van der Waals surface area contributed by atoms with Crippen molar-refractivity contribution < 1.29 is 66.8 Å². The molecule has 1 saturated carbocycles. The number of carbonyl (C=O) groups is 8. The van der Waals surface area contributed by atoms with Gasteiger partial charge in [0, 0.05) is 57.9 Å². The Morgan fingerprint density at radius 2 is 1.22 bits per heavy atom. The summed E-state index contributed by atoms with van der Waals surface area (Å²) in [5, 5.41) is 0. The molecular formula is C37H44O14. The lowest BCUT2D eigenvalue weighted by atomic mass is 9.72. The van der Waals surface area contributed by atoms with Crippen LogP contribution in [0.5, 0.6) is 0 Å². The molecule has 0 heterocycles. The van der Waals surface area contributed by atoms with Crippen LogP contribution in [-0.4, -0.2) is 83.0 Å². The summed E-state index contributed by atoms with van der Waals surface area (Å²) in [4.78, 5) is 106. The van der Waals surface area contributed by atoms with Crippen molar-refractivity contribution >= 4 is 47.4 Å². The molecule has 3 rings (SSSR count). The summed E-state index contributed by atoms with van der Waals surface area (Å²) in [6.45, 7) is 15.0. The molecule has 14 heteroatoms. The van der Waals surface area contributed by atoms with E-state index in [1.165, 1.54) is 52.0 Å². The van der Waals surface area contributed by atoms with Crippen LogP contribution in [0.1, 0.15) is 79.1 Å². The Hall–Kier alpha value is -5.14. The molecule has 0 spiro atoms. The maximum absolute atomic E-state index is 14.8. The largest absolute Gasteiger partial charge is 0.458 e. The second-order valence-electron chi connectivity index (χ2n) is 13.5. The van der Waals surface area contributed by atoms with Crippen LogP contribution in [0.3, 0.4) is 0 Å². The number of carbonyl (C=O) groups excluding carboxylic acids is 8. The first-order valence-corrected chi connectivity index (χ1v) is 16.2. The molecule has 51 heavy (non-hydrogen) atoms. The highest BCUT2D eigenvalue weighted by Crippen LogP contribution is 2.54. The smallest absolute Gasteiger partial charge is 0.338 e. The van der Waals surface area contributed by atoms with E-state index in [0.717, 1.165) is 34.6 Å². The Bertz CT molecular complexity index is 1640. The molecule has 1 aromatic carbocycles. The van der Waals surface area contributed by atoms with Crippen LogP contribution in [0.2, 0.25) is 0 Å². The first kappa shape index (κ1) is 40.3. The monoisotopic (exact) mass is 712 g/mol. The van der Waals surface area contributed by atoms with E-state index >= 15 is 0 Å². The van der Waals surface area contributed by atoms with Crippen molar-refractivity contribution in [2.75, 3.05) is 0 Å². The van der Waals surface area contributed by atoms with E-state index in [9.17, 15) is 38.4 Å². The van der Waals surface area contributed by atoms with E-state index in [1.54, 1.807) is 18.2 Å². The maximum Gasteiger partial charge on any atom is 0.338 e. The van der Waals surface area contributed by atoms with Crippen LogP contribution >= 0.6 is 0 Å². The van der Waals surface area contributed by atoms with Gasteiger partial charge in [0.2, 0.25) is 6.10 Å². The minimum Gasteiger partial charge on any atom is -0.458 e. The fourth-order valence-corrected chi connectivity index (χ4v) is 6.78. The number of hydrogen-bond acceptors (Lipinski definition) is 14. The van der Waals surface area contributed by atoms with Gasteiger partial charge in [-0.3, -0.25) is 33.6 Å². The van der Waals surface area contributed by atoms with Gasteiger partial charge >= 0.3 is 35.8 Å². The standard InChI is InChI=1S/C37H44O14/c1-19-16-17-35(8,9)32(44)30(47-22(4)39)29(49-34(45)26-14-12-11-13-15-26)20(2)28(46-21(3)38)27-33(48-23(5)40)36(10,50-24(6)41)18-37(27,31(19)43)51-25(7)42/h11-17,19,27-30,33H,2,18H2,1,3-10H3/b17-16+/t19-,27?,28+,29+,30-,33-,36-,37-/m1/s1. The van der Waals surface area contributed by atoms with Crippen molar-refractivity contribution in [2.45, 2.75) is 104 Å². The predicted octanol–water partition coefficient (Wildman–Crippen LogP) is 3.58. The number of fused-ring (bicyclic) bond motifs is 1. The summed E-state index contributed by atoms with van der Waals surface area (Å²) in [5.74, 6) is -10.2. The van der Waals surface area contributed by atoms with Gasteiger partial charge in [-0.2, -0.15) is 0 Å². The van der Waals surface area contributed by atoms with E-state index in [0.29, 0.717) is 0 Å². The molecule has 2 aliphatic rings. The Kier molecular flexibility index (Phi) is 12.2. The highest BCUT2D eigenvalue weighted by molar-refractivity contribution is 5.96. The zero-order valence-corrected chi connectivity index (χ0v) is 30.1. The van der Waals surface area contributed by atoms with Crippen molar-refractivity contribution in [3.8, 4) is 0 Å². The quantitative estimate of drug-likeness (QED) is 0.226. The first-order valence-electron chi connectivity index (χ1n) is 16.2. The third kappa shape index (κ3) is 8.78. The second-order valence-corrected chi connectivity index (χ2v) is 13.5. The number of Topliss-reactive ketones (excluding diaryl/α,β-unsaturated/α-hetero) is 2. The van der Waals surface area contributed by atoms with E-state index in [4.69, 9.17) is 28.4 Å². The molecule has 1 unspecified atom stereocenters. The molecule has 0 N–H and O–H groups in total. The molecule has 276 valence electrons. The highest BCUT2D eigenvalue weighted by Gasteiger charge is 2.72. The molecule has 0 saturated heterocycles. The summed E-state index contributed by atoms with van der Waals surface area (Å²) in [5.41, 5.74) is -6.18. The maximum atomic E-state index is 14.8. The number of ketones is 2. The summed E-state index contributed by atoms with van der Waals surface area (Å²) in [7, 11) is 0. The van der Waals surface area contributed by atoms with E-state index in [2.05, 4.69) is 6.58 Å². The fourth-order valence-electron chi connectivity index (χ4n) is 6.78. The van der Waals surface area contributed by atoms with Gasteiger partial charge in [0.1, 0.15) is 6.10 Å². The van der Waals surface area contributed by atoms with Crippen molar-refractivity contribution in [2.24, 2.45) is 17.3 Å². The summed E-state index contributed by atoms with van der Waals surface area (Å²) < 4.78 is 34.6. The third-order valence-corrected chi connectivity index (χ3v) is 8.76. The molecule has 14 nitrogen and oxygen atoms in total. The van der Waals surface area contributed by atoms with Crippen molar-refractivity contribution in [1.29, 1.82) is 0 Å². The van der Waals surface area contributed by atoms with Crippen molar-refractivity contribution in [1.82, 2.24) is 0 Å². The number of allylic oxidation sites excluding steroid dienone is 2. The molecule has 0 aliphatic heterocycles. The Balaban J connectivity index is 2.54. The molecular weight excluding hydrogens is 668 g/mol. The molecule has 8 atom stereocenters. The van der Waals surface area contributed by atoms with Gasteiger partial charge in [-0.25, -0.2) is 4.79 Å². The van der Waals surface area contributed by atoms with Gasteiger partial charge < -0.3 is 28.4 Å². The Morgan fingerprint density at radius 3 is 1.73 bits per heavy atom. The Labute approximate surface area is 295 Å². The number of esters is 6. The summed E-state index contributed by atoms with van der Waals surface area (Å²) >= 11 is 0. The lowest BCUT2D eigenvalue weighted by Crippen LogP contribution is -2.58. The average molecular weight is 713 g/mol.